The summed E-state index contributed by atoms with van der Waals surface area (Å²) in [5, 5.41) is 2.35. The summed E-state index contributed by atoms with van der Waals surface area (Å²) >= 11 is 0. The average molecular weight is 444 g/mol. The van der Waals surface area contributed by atoms with Gasteiger partial charge in [-0.25, -0.2) is 4.79 Å². The van der Waals surface area contributed by atoms with Gasteiger partial charge in [-0.3, -0.25) is 0 Å². The van der Waals surface area contributed by atoms with Crippen LogP contribution in [-0.2, 0) is 22.8 Å². The van der Waals surface area contributed by atoms with Crippen molar-refractivity contribution in [2.45, 2.75) is 32.5 Å². The summed E-state index contributed by atoms with van der Waals surface area (Å²) in [5.74, 6) is 0.130. The van der Waals surface area contributed by atoms with E-state index >= 15 is 0 Å². The zero-order valence-corrected chi connectivity index (χ0v) is 17.4. The van der Waals surface area contributed by atoms with Crippen LogP contribution in [0.4, 0.5) is 23.7 Å². The number of anilines is 1. The normalized spacial score (nSPS) is 11.8. The molecule has 0 heterocycles. The van der Waals surface area contributed by atoms with E-state index in [-0.39, 0.29) is 18.0 Å². The summed E-state index contributed by atoms with van der Waals surface area (Å²) in [5.41, 5.74) is -0.560. The van der Waals surface area contributed by atoms with Gasteiger partial charge >= 0.3 is 22.3 Å². The minimum atomic E-state index is -4.59. The highest BCUT2D eigenvalue weighted by atomic mass is 32.2. The van der Waals surface area contributed by atoms with Crippen LogP contribution >= 0.6 is 0 Å². The van der Waals surface area contributed by atoms with Crippen molar-refractivity contribution in [2.24, 2.45) is 0 Å². The van der Waals surface area contributed by atoms with Crippen molar-refractivity contribution in [3.8, 4) is 5.75 Å². The molecule has 0 aliphatic carbocycles. The lowest BCUT2D eigenvalue weighted by atomic mass is 10.1. The van der Waals surface area contributed by atoms with E-state index in [4.69, 9.17) is 4.18 Å². The van der Waals surface area contributed by atoms with Gasteiger partial charge < -0.3 is 14.4 Å². The third kappa shape index (κ3) is 7.25. The van der Waals surface area contributed by atoms with Crippen LogP contribution in [0.2, 0.25) is 0 Å². The number of unbranched alkanes of at least 4 members (excludes halogenated alkanes) is 1. The molecule has 10 heteroatoms. The molecule has 6 nitrogen and oxygen atoms in total. The van der Waals surface area contributed by atoms with E-state index in [0.29, 0.717) is 18.5 Å². The first-order valence-electron chi connectivity index (χ1n) is 9.20. The van der Waals surface area contributed by atoms with Crippen LogP contribution in [-0.4, -0.2) is 32.1 Å². The Morgan fingerprint density at radius 3 is 2.30 bits per heavy atom. The van der Waals surface area contributed by atoms with Crippen molar-refractivity contribution in [3.05, 3.63) is 59.7 Å². The van der Waals surface area contributed by atoms with Gasteiger partial charge in [-0.15, -0.1) is 0 Å². The largest absolute Gasteiger partial charge is 0.418 e. The predicted octanol–water partition coefficient (Wildman–Crippen LogP) is 4.88. The number of carbonyl (C=O) groups excluding carboxylic acids is 1. The van der Waals surface area contributed by atoms with Gasteiger partial charge in [-0.05, 0) is 36.2 Å². The van der Waals surface area contributed by atoms with Crippen LogP contribution in [0, 0.1) is 0 Å². The summed E-state index contributed by atoms with van der Waals surface area (Å²) in [6.45, 7) is 2.42. The zero-order valence-electron chi connectivity index (χ0n) is 16.6. The monoisotopic (exact) mass is 444 g/mol. The topological polar surface area (TPSA) is 75.7 Å². The van der Waals surface area contributed by atoms with Crippen molar-refractivity contribution in [3.63, 3.8) is 0 Å². The van der Waals surface area contributed by atoms with Gasteiger partial charge in [0.05, 0.1) is 17.5 Å². The molecular formula is C20H23F3N2O4S. The summed E-state index contributed by atoms with van der Waals surface area (Å²) in [4.78, 5) is 14.1. The Morgan fingerprint density at radius 1 is 1.10 bits per heavy atom. The van der Waals surface area contributed by atoms with E-state index in [1.165, 1.54) is 35.2 Å². The third-order valence-electron chi connectivity index (χ3n) is 4.09. The van der Waals surface area contributed by atoms with E-state index < -0.39 is 27.9 Å². The number of carbonyl (C=O) groups is 1. The Labute approximate surface area is 173 Å². The predicted molar refractivity (Wildman–Crippen MR) is 108 cm³/mol. The second kappa shape index (κ2) is 9.84. The molecule has 0 unspecified atom stereocenters. The van der Waals surface area contributed by atoms with Crippen LogP contribution in [0.15, 0.2) is 48.5 Å². The Balaban J connectivity index is 2.17. The number of benzene rings is 2. The second-order valence-electron chi connectivity index (χ2n) is 6.68. The number of hydrogen-bond acceptors (Lipinski definition) is 4. The average Bonchev–Trinajstić information content (AvgIpc) is 2.64. The Hall–Kier alpha value is -2.75. The van der Waals surface area contributed by atoms with Gasteiger partial charge in [0.25, 0.3) is 0 Å². The van der Waals surface area contributed by atoms with Crippen molar-refractivity contribution in [1.29, 1.82) is 0 Å². The van der Waals surface area contributed by atoms with Crippen molar-refractivity contribution >= 4 is 21.8 Å². The highest BCUT2D eigenvalue weighted by Crippen LogP contribution is 2.34. The lowest BCUT2D eigenvalue weighted by Gasteiger charge is -2.24. The third-order valence-corrected chi connectivity index (χ3v) is 4.58. The Bertz CT molecular complexity index is 961. The minimum absolute atomic E-state index is 0.130. The molecule has 0 saturated heterocycles. The second-order valence-corrected chi connectivity index (χ2v) is 8.25. The van der Waals surface area contributed by atoms with E-state index in [1.807, 2.05) is 6.92 Å². The van der Waals surface area contributed by atoms with Gasteiger partial charge in [-0.2, -0.15) is 21.6 Å². The molecular weight excluding hydrogens is 421 g/mol. The highest BCUT2D eigenvalue weighted by Gasteiger charge is 2.33. The van der Waals surface area contributed by atoms with Gasteiger partial charge in [0, 0.05) is 13.1 Å². The van der Waals surface area contributed by atoms with Gasteiger partial charge in [-0.1, -0.05) is 37.6 Å². The molecule has 0 saturated carbocycles. The van der Waals surface area contributed by atoms with Crippen LogP contribution in [0.25, 0.3) is 0 Å². The maximum Gasteiger partial charge on any atom is 0.418 e. The van der Waals surface area contributed by atoms with E-state index in [0.717, 1.165) is 18.7 Å². The number of nitrogens with one attached hydrogen (secondary N) is 1. The molecule has 0 aromatic heterocycles. The first-order valence-corrected chi connectivity index (χ1v) is 11.0. The number of nitrogens with zero attached hydrogens (tertiary/aromatic N) is 1. The zero-order chi connectivity index (χ0) is 22.4. The number of rotatable bonds is 8. The molecule has 164 valence electrons. The first-order chi connectivity index (χ1) is 14.0. The van der Waals surface area contributed by atoms with Crippen LogP contribution in [0.3, 0.4) is 0 Å². The molecule has 2 rings (SSSR count). The molecule has 2 aromatic carbocycles. The van der Waals surface area contributed by atoms with Crippen LogP contribution < -0.4 is 9.50 Å². The van der Waals surface area contributed by atoms with E-state index in [9.17, 15) is 26.4 Å². The van der Waals surface area contributed by atoms with Crippen LogP contribution in [0.5, 0.6) is 5.75 Å². The van der Waals surface area contributed by atoms with E-state index in [1.54, 1.807) is 12.1 Å². The Kier molecular flexibility index (Phi) is 7.71. The van der Waals surface area contributed by atoms with Crippen molar-refractivity contribution in [1.82, 2.24) is 4.90 Å². The number of urea groups is 1. The first kappa shape index (κ1) is 23.5. The van der Waals surface area contributed by atoms with Gasteiger partial charge in [0.1, 0.15) is 5.75 Å². The Morgan fingerprint density at radius 2 is 1.73 bits per heavy atom. The summed E-state index contributed by atoms with van der Waals surface area (Å²) in [6, 6.07) is 10.2. The molecule has 1 N–H and O–H groups in total. The molecule has 0 aliphatic rings. The molecule has 2 amide bonds. The van der Waals surface area contributed by atoms with Crippen LogP contribution in [0.1, 0.15) is 30.9 Å². The molecule has 0 atom stereocenters. The molecule has 0 fully saturated rings. The number of para-hydroxylation sites is 1. The number of alkyl halides is 3. The summed E-state index contributed by atoms with van der Waals surface area (Å²) in [7, 11) is -3.66. The molecule has 0 aliphatic heterocycles. The standard InChI is InChI=1S/C20H23F3N2O4S/c1-3-4-13-25(14-15-9-11-16(12-10-15)29-30(2,27)28)19(26)24-18-8-6-5-7-17(18)20(21,22)23/h5-12H,3-4,13-14H2,1-2H3,(H,24,26). The minimum Gasteiger partial charge on any atom is -0.383 e. The molecule has 2 aromatic rings. The lowest BCUT2D eigenvalue weighted by Crippen LogP contribution is -2.35. The summed E-state index contributed by atoms with van der Waals surface area (Å²) in [6.07, 6.45) is -2.20. The van der Waals surface area contributed by atoms with Crippen molar-refractivity contribution < 1.29 is 30.6 Å². The quantitative estimate of drug-likeness (QED) is 0.589. The number of halogens is 3. The lowest BCUT2D eigenvalue weighted by molar-refractivity contribution is -0.136. The summed E-state index contributed by atoms with van der Waals surface area (Å²) < 4.78 is 66.7. The number of amides is 2. The van der Waals surface area contributed by atoms with Crippen molar-refractivity contribution in [2.75, 3.05) is 18.1 Å². The number of hydrogen-bond donors (Lipinski definition) is 1. The fraction of sp³-hybridized carbons (Fsp3) is 0.350. The maximum absolute atomic E-state index is 13.2. The molecule has 0 radical (unpaired) electrons. The van der Waals surface area contributed by atoms with Gasteiger partial charge in [0.15, 0.2) is 0 Å². The molecule has 0 bridgehead atoms. The maximum atomic E-state index is 13.2. The molecule has 0 spiro atoms. The smallest absolute Gasteiger partial charge is 0.383 e. The fourth-order valence-corrected chi connectivity index (χ4v) is 3.14. The van der Waals surface area contributed by atoms with E-state index in [2.05, 4.69) is 5.32 Å². The van der Waals surface area contributed by atoms with Gasteiger partial charge in [0.2, 0.25) is 0 Å². The SMILES string of the molecule is CCCCN(Cc1ccc(OS(C)(=O)=O)cc1)C(=O)Nc1ccccc1C(F)(F)F. The fourth-order valence-electron chi connectivity index (χ4n) is 2.68. The molecule has 30 heavy (non-hydrogen) atoms. The highest BCUT2D eigenvalue weighted by molar-refractivity contribution is 7.86.